The van der Waals surface area contributed by atoms with Crippen molar-refractivity contribution < 1.29 is 14.4 Å². The minimum Gasteiger partial charge on any atom is -0.480 e. The van der Waals surface area contributed by atoms with E-state index in [0.717, 1.165) is 0 Å². The van der Waals surface area contributed by atoms with Gasteiger partial charge in [0.15, 0.2) is 5.82 Å². The van der Waals surface area contributed by atoms with Crippen molar-refractivity contribution in [2.24, 2.45) is 0 Å². The summed E-state index contributed by atoms with van der Waals surface area (Å²) in [6.45, 7) is 6.26. The Morgan fingerprint density at radius 1 is 1.50 bits per heavy atom. The maximum absolute atomic E-state index is 10.5. The number of likely N-dealkylation sites (N-methyl/N-ethyl adjacent to an activating group) is 1. The van der Waals surface area contributed by atoms with Gasteiger partial charge in [-0.05, 0) is 7.05 Å². The minimum absolute atomic E-state index is 0.0423. The number of hydrogen-bond donors (Lipinski definition) is 1. The van der Waals surface area contributed by atoms with E-state index in [1.54, 1.807) is 11.9 Å². The van der Waals surface area contributed by atoms with Gasteiger partial charge in [-0.25, -0.2) is 0 Å². The van der Waals surface area contributed by atoms with Crippen LogP contribution in [0.15, 0.2) is 4.52 Å². The fraction of sp³-hybridized carbons (Fsp3) is 0.700. The molecule has 1 aromatic heterocycles. The van der Waals surface area contributed by atoms with E-state index in [1.165, 1.54) is 0 Å². The number of rotatable bonds is 4. The largest absolute Gasteiger partial charge is 0.480 e. The molecule has 0 atom stereocenters. The van der Waals surface area contributed by atoms with Crippen molar-refractivity contribution in [1.29, 1.82) is 0 Å². The van der Waals surface area contributed by atoms with Crippen LogP contribution in [0.1, 0.15) is 32.5 Å². The molecule has 16 heavy (non-hydrogen) atoms. The third kappa shape index (κ3) is 3.62. The van der Waals surface area contributed by atoms with Gasteiger partial charge in [0, 0.05) is 5.41 Å². The van der Waals surface area contributed by atoms with Gasteiger partial charge >= 0.3 is 5.97 Å². The van der Waals surface area contributed by atoms with Crippen LogP contribution in [0.2, 0.25) is 0 Å². The maximum atomic E-state index is 10.5. The third-order valence-electron chi connectivity index (χ3n) is 1.93. The lowest BCUT2D eigenvalue weighted by molar-refractivity contribution is -0.138. The zero-order valence-corrected chi connectivity index (χ0v) is 10.0. The van der Waals surface area contributed by atoms with E-state index in [1.807, 2.05) is 20.8 Å². The number of aromatic nitrogens is 2. The lowest BCUT2D eigenvalue weighted by Gasteiger charge is -2.11. The van der Waals surface area contributed by atoms with Gasteiger partial charge in [0.25, 0.3) is 0 Å². The second kappa shape index (κ2) is 4.61. The van der Waals surface area contributed by atoms with Crippen molar-refractivity contribution in [2.75, 3.05) is 13.6 Å². The van der Waals surface area contributed by atoms with Gasteiger partial charge in [0.2, 0.25) is 5.89 Å². The van der Waals surface area contributed by atoms with Crippen LogP contribution in [-0.2, 0) is 16.8 Å². The summed E-state index contributed by atoms with van der Waals surface area (Å²) in [6, 6.07) is 0. The van der Waals surface area contributed by atoms with Crippen LogP contribution in [0.25, 0.3) is 0 Å². The number of carboxylic acid groups (broad SMARTS) is 1. The third-order valence-corrected chi connectivity index (χ3v) is 1.93. The smallest absolute Gasteiger partial charge is 0.317 e. The average Bonchev–Trinajstić information content (AvgIpc) is 2.49. The molecule has 0 spiro atoms. The van der Waals surface area contributed by atoms with Crippen molar-refractivity contribution in [3.05, 3.63) is 11.7 Å². The van der Waals surface area contributed by atoms with Crippen LogP contribution >= 0.6 is 0 Å². The molecule has 6 heteroatoms. The van der Waals surface area contributed by atoms with Crippen molar-refractivity contribution in [1.82, 2.24) is 15.0 Å². The highest BCUT2D eigenvalue weighted by Gasteiger charge is 2.22. The fourth-order valence-electron chi connectivity index (χ4n) is 1.15. The molecule has 1 N–H and O–H groups in total. The predicted molar refractivity (Wildman–Crippen MR) is 57.0 cm³/mol. The molecule has 0 aliphatic rings. The summed E-state index contributed by atoms with van der Waals surface area (Å²) in [5, 5.41) is 12.4. The lowest BCUT2D eigenvalue weighted by atomic mass is 9.97. The molecule has 0 radical (unpaired) electrons. The Labute approximate surface area is 94.3 Å². The van der Waals surface area contributed by atoms with Crippen molar-refractivity contribution in [2.45, 2.75) is 32.7 Å². The standard InChI is InChI=1S/C10H17N3O3/c1-10(2,3)9-11-7(12-16-9)5-13(4)6-8(14)15/h5-6H2,1-4H3,(H,14,15). The molecule has 6 nitrogen and oxygen atoms in total. The van der Waals surface area contributed by atoms with E-state index < -0.39 is 5.97 Å². The van der Waals surface area contributed by atoms with E-state index in [4.69, 9.17) is 9.63 Å². The normalized spacial score (nSPS) is 12.1. The fourth-order valence-corrected chi connectivity index (χ4v) is 1.15. The van der Waals surface area contributed by atoms with E-state index in [2.05, 4.69) is 10.1 Å². The molecule has 0 fully saturated rings. The number of carboxylic acids is 1. The second-order valence-corrected chi connectivity index (χ2v) is 4.83. The van der Waals surface area contributed by atoms with Gasteiger partial charge in [-0.1, -0.05) is 25.9 Å². The van der Waals surface area contributed by atoms with Crippen molar-refractivity contribution in [3.63, 3.8) is 0 Å². The van der Waals surface area contributed by atoms with Gasteiger partial charge in [-0.3, -0.25) is 9.69 Å². The summed E-state index contributed by atoms with van der Waals surface area (Å²) in [5.74, 6) is 0.196. The van der Waals surface area contributed by atoms with Gasteiger partial charge < -0.3 is 9.63 Å². The second-order valence-electron chi connectivity index (χ2n) is 4.83. The van der Waals surface area contributed by atoms with Crippen LogP contribution in [0.5, 0.6) is 0 Å². The molecule has 1 aromatic rings. The van der Waals surface area contributed by atoms with Crippen molar-refractivity contribution >= 4 is 5.97 Å². The molecule has 0 aliphatic heterocycles. The lowest BCUT2D eigenvalue weighted by Crippen LogP contribution is -2.25. The summed E-state index contributed by atoms with van der Waals surface area (Å²) in [4.78, 5) is 16.3. The monoisotopic (exact) mass is 227 g/mol. The van der Waals surface area contributed by atoms with Crippen molar-refractivity contribution in [3.8, 4) is 0 Å². The molecule has 0 bridgehead atoms. The first-order valence-electron chi connectivity index (χ1n) is 5.02. The Morgan fingerprint density at radius 2 is 2.12 bits per heavy atom. The Bertz CT molecular complexity index is 368. The average molecular weight is 227 g/mol. The molecular weight excluding hydrogens is 210 g/mol. The van der Waals surface area contributed by atoms with Gasteiger partial charge in [-0.2, -0.15) is 4.98 Å². The number of aliphatic carboxylic acids is 1. The Kier molecular flexibility index (Phi) is 3.64. The molecule has 0 saturated heterocycles. The highest BCUT2D eigenvalue weighted by molar-refractivity contribution is 5.68. The predicted octanol–water partition coefficient (Wildman–Crippen LogP) is 0.883. The van der Waals surface area contributed by atoms with Crippen LogP contribution in [-0.4, -0.2) is 39.7 Å². The minimum atomic E-state index is -0.873. The summed E-state index contributed by atoms with van der Waals surface area (Å²) in [7, 11) is 1.70. The molecule has 90 valence electrons. The summed E-state index contributed by atoms with van der Waals surface area (Å²) >= 11 is 0. The first-order valence-corrected chi connectivity index (χ1v) is 5.02. The van der Waals surface area contributed by atoms with E-state index in [-0.39, 0.29) is 12.0 Å². The molecule has 1 rings (SSSR count). The van der Waals surface area contributed by atoms with Gasteiger partial charge in [0.1, 0.15) is 0 Å². The summed E-state index contributed by atoms with van der Waals surface area (Å²) in [6.07, 6.45) is 0. The molecule has 0 saturated carbocycles. The summed E-state index contributed by atoms with van der Waals surface area (Å²) < 4.78 is 5.10. The maximum Gasteiger partial charge on any atom is 0.317 e. The molecule has 0 amide bonds. The Balaban J connectivity index is 2.62. The van der Waals surface area contributed by atoms with Gasteiger partial charge in [0.05, 0.1) is 13.1 Å². The molecule has 0 unspecified atom stereocenters. The highest BCUT2D eigenvalue weighted by Crippen LogP contribution is 2.19. The van der Waals surface area contributed by atoms with Crippen LogP contribution in [0, 0.1) is 0 Å². The van der Waals surface area contributed by atoms with E-state index in [9.17, 15) is 4.79 Å². The van der Waals surface area contributed by atoms with Crippen LogP contribution in [0.4, 0.5) is 0 Å². The topological polar surface area (TPSA) is 79.5 Å². The highest BCUT2D eigenvalue weighted by atomic mass is 16.5. The number of nitrogens with zero attached hydrogens (tertiary/aromatic N) is 3. The van der Waals surface area contributed by atoms with Crippen LogP contribution < -0.4 is 0 Å². The zero-order valence-electron chi connectivity index (χ0n) is 10.0. The van der Waals surface area contributed by atoms with E-state index >= 15 is 0 Å². The Hall–Kier alpha value is -1.43. The molecule has 0 aliphatic carbocycles. The first-order chi connectivity index (χ1) is 7.29. The molecular formula is C10H17N3O3. The number of carbonyl (C=O) groups is 1. The quantitative estimate of drug-likeness (QED) is 0.822. The first kappa shape index (κ1) is 12.6. The molecule has 0 aromatic carbocycles. The van der Waals surface area contributed by atoms with Crippen LogP contribution in [0.3, 0.4) is 0 Å². The Morgan fingerprint density at radius 3 is 2.56 bits per heavy atom. The van der Waals surface area contributed by atoms with Gasteiger partial charge in [-0.15, -0.1) is 0 Å². The zero-order chi connectivity index (χ0) is 12.3. The van der Waals surface area contributed by atoms with E-state index in [0.29, 0.717) is 18.3 Å². The molecule has 1 heterocycles. The SMILES string of the molecule is CN(CC(=O)O)Cc1noc(C(C)(C)C)n1. The number of hydrogen-bond acceptors (Lipinski definition) is 5. The summed E-state index contributed by atoms with van der Waals surface area (Å²) in [5.41, 5.74) is -0.184.